The van der Waals surface area contributed by atoms with E-state index in [1.165, 1.54) is 29.6 Å². The number of esters is 1. The predicted octanol–water partition coefficient (Wildman–Crippen LogP) is 3.12. The van der Waals surface area contributed by atoms with Gasteiger partial charge < -0.3 is 15.0 Å². The number of nitrogens with one attached hydrogen (secondary N) is 1. The maximum atomic E-state index is 11.7. The zero-order valence-electron chi connectivity index (χ0n) is 16.0. The number of benzene rings is 1. The molecule has 4 rings (SSSR count). The largest absolute Gasteiger partial charge is 0.465 e. The van der Waals surface area contributed by atoms with Crippen molar-refractivity contribution in [2.75, 3.05) is 29.9 Å². The summed E-state index contributed by atoms with van der Waals surface area (Å²) in [6.07, 6.45) is 7.18. The molecule has 1 aliphatic rings. The quantitative estimate of drug-likeness (QED) is 0.658. The van der Waals surface area contributed by atoms with Gasteiger partial charge in [-0.1, -0.05) is 0 Å². The van der Waals surface area contributed by atoms with Crippen molar-refractivity contribution in [3.05, 3.63) is 36.7 Å². The molecule has 0 radical (unpaired) electrons. The molecule has 0 atom stereocenters. The molecule has 1 saturated heterocycles. The number of hydrogen-bond acceptors (Lipinski definition) is 7. The number of fused-ring (bicyclic) bond motifs is 1. The van der Waals surface area contributed by atoms with Crippen LogP contribution in [0.5, 0.6) is 0 Å². The minimum absolute atomic E-state index is 0.0261. The van der Waals surface area contributed by atoms with Crippen LogP contribution in [-0.4, -0.2) is 45.4 Å². The van der Waals surface area contributed by atoms with Crippen LogP contribution in [0, 0.1) is 0 Å². The van der Waals surface area contributed by atoms with E-state index in [1.807, 2.05) is 12.1 Å². The summed E-state index contributed by atoms with van der Waals surface area (Å²) in [5.41, 5.74) is 2.75. The van der Waals surface area contributed by atoms with E-state index in [-0.39, 0.29) is 12.5 Å². The van der Waals surface area contributed by atoms with Gasteiger partial charge in [0.25, 0.3) is 0 Å². The summed E-state index contributed by atoms with van der Waals surface area (Å²) in [6, 6.07) is 8.31. The molecule has 2 aromatic heterocycles. The van der Waals surface area contributed by atoms with Gasteiger partial charge in [-0.3, -0.25) is 4.79 Å². The molecule has 28 heavy (non-hydrogen) atoms. The highest BCUT2D eigenvalue weighted by Crippen LogP contribution is 2.23. The normalized spacial score (nSPS) is 14.2. The molecule has 1 aromatic carbocycles. The van der Waals surface area contributed by atoms with E-state index in [9.17, 15) is 4.79 Å². The maximum Gasteiger partial charge on any atom is 0.327 e. The number of carbonyl (C=O) groups is 1. The van der Waals surface area contributed by atoms with Crippen molar-refractivity contribution in [2.24, 2.45) is 0 Å². The Morgan fingerprint density at radius 3 is 2.68 bits per heavy atom. The SMILES string of the molecule is CCOC(=O)Cn1ncc2cnc(Nc3ccc(N4CCCCC4)cc3)nc21. The molecule has 1 fully saturated rings. The van der Waals surface area contributed by atoms with Crippen LogP contribution < -0.4 is 10.2 Å². The van der Waals surface area contributed by atoms with E-state index < -0.39 is 0 Å². The van der Waals surface area contributed by atoms with Crippen LogP contribution in [0.2, 0.25) is 0 Å². The summed E-state index contributed by atoms with van der Waals surface area (Å²) < 4.78 is 6.52. The summed E-state index contributed by atoms with van der Waals surface area (Å²) in [7, 11) is 0. The Hall–Kier alpha value is -3.16. The van der Waals surface area contributed by atoms with Gasteiger partial charge >= 0.3 is 5.97 Å². The highest BCUT2D eigenvalue weighted by molar-refractivity contribution is 5.77. The fourth-order valence-corrected chi connectivity index (χ4v) is 3.41. The molecule has 3 aromatic rings. The number of carbonyl (C=O) groups excluding carboxylic acids is 1. The summed E-state index contributed by atoms with van der Waals surface area (Å²) in [5, 5.41) is 8.21. The van der Waals surface area contributed by atoms with E-state index >= 15 is 0 Å². The molecule has 8 heteroatoms. The van der Waals surface area contributed by atoms with E-state index in [0.29, 0.717) is 18.2 Å². The van der Waals surface area contributed by atoms with Gasteiger partial charge in [-0.2, -0.15) is 10.1 Å². The molecule has 0 amide bonds. The zero-order chi connectivity index (χ0) is 19.3. The number of nitrogens with zero attached hydrogens (tertiary/aromatic N) is 5. The fraction of sp³-hybridized carbons (Fsp3) is 0.400. The summed E-state index contributed by atoms with van der Waals surface area (Å²) >= 11 is 0. The molecule has 0 bridgehead atoms. The van der Waals surface area contributed by atoms with Crippen LogP contribution in [0.4, 0.5) is 17.3 Å². The summed E-state index contributed by atoms with van der Waals surface area (Å²) in [6.45, 7) is 4.39. The van der Waals surface area contributed by atoms with Gasteiger partial charge in [-0.05, 0) is 50.5 Å². The van der Waals surface area contributed by atoms with Crippen LogP contribution in [0.1, 0.15) is 26.2 Å². The third-order valence-corrected chi connectivity index (χ3v) is 4.81. The van der Waals surface area contributed by atoms with Crippen molar-refractivity contribution in [3.63, 3.8) is 0 Å². The maximum absolute atomic E-state index is 11.7. The average molecular weight is 380 g/mol. The first-order valence-electron chi connectivity index (χ1n) is 9.69. The van der Waals surface area contributed by atoms with Crippen LogP contribution in [0.3, 0.4) is 0 Å². The Balaban J connectivity index is 1.49. The standard InChI is InChI=1S/C20H24N6O2/c1-2-28-18(27)14-26-19-15(13-22-26)12-21-20(24-19)23-16-6-8-17(9-7-16)25-10-4-3-5-11-25/h6-9,12-13H,2-5,10-11,14H2,1H3,(H,21,23,24). The molecule has 8 nitrogen and oxygen atoms in total. The molecular weight excluding hydrogens is 356 g/mol. The van der Waals surface area contributed by atoms with Gasteiger partial charge in [0.2, 0.25) is 5.95 Å². The molecule has 0 saturated carbocycles. The van der Waals surface area contributed by atoms with Crippen LogP contribution in [-0.2, 0) is 16.1 Å². The van der Waals surface area contributed by atoms with Gasteiger partial charge in [-0.15, -0.1) is 0 Å². The lowest BCUT2D eigenvalue weighted by molar-refractivity contribution is -0.143. The average Bonchev–Trinajstić information content (AvgIpc) is 3.11. The van der Waals surface area contributed by atoms with E-state index in [1.54, 1.807) is 19.3 Å². The van der Waals surface area contributed by atoms with Gasteiger partial charge in [0.1, 0.15) is 6.54 Å². The van der Waals surface area contributed by atoms with Crippen molar-refractivity contribution >= 4 is 34.3 Å². The number of hydrogen-bond donors (Lipinski definition) is 1. The second-order valence-electron chi connectivity index (χ2n) is 6.80. The number of aromatic nitrogens is 4. The van der Waals surface area contributed by atoms with Crippen molar-refractivity contribution in [3.8, 4) is 0 Å². The second-order valence-corrected chi connectivity index (χ2v) is 6.80. The van der Waals surface area contributed by atoms with Crippen molar-refractivity contribution in [2.45, 2.75) is 32.7 Å². The second kappa shape index (κ2) is 8.24. The minimum atomic E-state index is -0.339. The van der Waals surface area contributed by atoms with Crippen LogP contribution in [0.25, 0.3) is 11.0 Å². The zero-order valence-corrected chi connectivity index (χ0v) is 16.0. The van der Waals surface area contributed by atoms with Crippen LogP contribution in [0.15, 0.2) is 36.7 Å². The Morgan fingerprint density at radius 1 is 1.14 bits per heavy atom. The van der Waals surface area contributed by atoms with Crippen molar-refractivity contribution in [1.29, 1.82) is 0 Å². The molecule has 0 unspecified atom stereocenters. The molecule has 3 heterocycles. The van der Waals surface area contributed by atoms with E-state index in [4.69, 9.17) is 4.74 Å². The molecular formula is C20H24N6O2. The lowest BCUT2D eigenvalue weighted by Gasteiger charge is -2.28. The highest BCUT2D eigenvalue weighted by Gasteiger charge is 2.12. The molecule has 1 aliphatic heterocycles. The van der Waals surface area contributed by atoms with E-state index in [2.05, 4.69) is 37.4 Å². The molecule has 0 spiro atoms. The van der Waals surface area contributed by atoms with Gasteiger partial charge in [0, 0.05) is 30.7 Å². The Labute approximate surface area is 163 Å². The van der Waals surface area contributed by atoms with Gasteiger partial charge in [-0.25, -0.2) is 9.67 Å². The van der Waals surface area contributed by atoms with Crippen molar-refractivity contribution < 1.29 is 9.53 Å². The fourth-order valence-electron chi connectivity index (χ4n) is 3.41. The smallest absolute Gasteiger partial charge is 0.327 e. The Kier molecular flexibility index (Phi) is 5.36. The monoisotopic (exact) mass is 380 g/mol. The molecule has 0 aliphatic carbocycles. The third kappa shape index (κ3) is 4.05. The predicted molar refractivity (Wildman–Crippen MR) is 108 cm³/mol. The first-order chi connectivity index (χ1) is 13.7. The summed E-state index contributed by atoms with van der Waals surface area (Å²) in [5.74, 6) is 0.123. The first kappa shape index (κ1) is 18.2. The molecule has 1 N–H and O–H groups in total. The van der Waals surface area contributed by atoms with Gasteiger partial charge in [0.15, 0.2) is 5.65 Å². The first-order valence-corrected chi connectivity index (χ1v) is 9.69. The lowest BCUT2D eigenvalue weighted by atomic mass is 10.1. The number of rotatable bonds is 6. The van der Waals surface area contributed by atoms with Crippen LogP contribution >= 0.6 is 0 Å². The number of piperidine rings is 1. The highest BCUT2D eigenvalue weighted by atomic mass is 16.5. The Bertz CT molecular complexity index is 947. The Morgan fingerprint density at radius 2 is 1.93 bits per heavy atom. The molecule has 146 valence electrons. The number of anilines is 3. The van der Waals surface area contributed by atoms with Gasteiger partial charge in [0.05, 0.1) is 18.2 Å². The van der Waals surface area contributed by atoms with Crippen molar-refractivity contribution in [1.82, 2.24) is 19.7 Å². The lowest BCUT2D eigenvalue weighted by Crippen LogP contribution is -2.29. The number of ether oxygens (including phenoxy) is 1. The minimum Gasteiger partial charge on any atom is -0.465 e. The topological polar surface area (TPSA) is 85.2 Å². The third-order valence-electron chi connectivity index (χ3n) is 4.81. The van der Waals surface area contributed by atoms with E-state index in [0.717, 1.165) is 24.2 Å². The summed E-state index contributed by atoms with van der Waals surface area (Å²) in [4.78, 5) is 23.0.